The highest BCUT2D eigenvalue weighted by atomic mass is 16.5. The van der Waals surface area contributed by atoms with E-state index in [9.17, 15) is 9.59 Å². The predicted molar refractivity (Wildman–Crippen MR) is 81.1 cm³/mol. The van der Waals surface area contributed by atoms with E-state index >= 15 is 0 Å². The van der Waals surface area contributed by atoms with Gasteiger partial charge in [0.25, 0.3) is 5.91 Å². The Balaban J connectivity index is 1.79. The second kappa shape index (κ2) is 6.05. The van der Waals surface area contributed by atoms with Gasteiger partial charge in [-0.3, -0.25) is 9.59 Å². The van der Waals surface area contributed by atoms with Crippen LogP contribution in [-0.4, -0.2) is 24.0 Å². The lowest BCUT2D eigenvalue weighted by Crippen LogP contribution is -2.31. The molecule has 3 atom stereocenters. The number of carbonyl (C=O) groups excluding carboxylic acids is 2. The summed E-state index contributed by atoms with van der Waals surface area (Å²) in [6.07, 6.45) is 2.44. The van der Waals surface area contributed by atoms with Crippen molar-refractivity contribution < 1.29 is 14.3 Å². The molecule has 0 unspecified atom stereocenters. The number of aromatic nitrogens is 1. The van der Waals surface area contributed by atoms with E-state index in [2.05, 4.69) is 10.3 Å². The lowest BCUT2D eigenvalue weighted by molar-refractivity contribution is -0.142. The summed E-state index contributed by atoms with van der Waals surface area (Å²) in [6, 6.07) is 13.0. The van der Waals surface area contributed by atoms with Crippen molar-refractivity contribution in [3.05, 3.63) is 59.9 Å². The normalized spacial score (nSPS) is 21.0. The number of methoxy groups -OCH3 is 1. The van der Waals surface area contributed by atoms with E-state index in [1.165, 1.54) is 7.11 Å². The molecule has 1 aromatic carbocycles. The molecule has 3 rings (SSSR count). The number of ether oxygens (including phenoxy) is 1. The maximum atomic E-state index is 12.3. The Bertz CT molecular complexity index is 652. The van der Waals surface area contributed by atoms with Crippen molar-refractivity contribution in [1.82, 2.24) is 10.3 Å². The largest absolute Gasteiger partial charge is 0.469 e. The summed E-state index contributed by atoms with van der Waals surface area (Å²) in [4.78, 5) is 26.9. The van der Waals surface area contributed by atoms with Gasteiger partial charge in [0.15, 0.2) is 0 Å². The Hall–Kier alpha value is -2.56. The van der Waals surface area contributed by atoms with Gasteiger partial charge >= 0.3 is 5.97 Å². The zero-order chi connectivity index (χ0) is 15.5. The van der Waals surface area contributed by atoms with Crippen LogP contribution >= 0.6 is 0 Å². The molecule has 0 spiro atoms. The standard InChI is InChI=1S/C17H18N2O3/c1-22-17(21)13-10-12(13)15(11-6-3-2-4-7-11)19-16(20)14-8-5-9-18-14/h2-9,12-13,15,18H,10H2,1H3,(H,19,20)/t12-,13-,15-/m0/s1. The van der Waals surface area contributed by atoms with Crippen molar-refractivity contribution in [2.75, 3.05) is 7.11 Å². The Kier molecular flexibility index (Phi) is 3.96. The van der Waals surface area contributed by atoms with Crippen molar-refractivity contribution in [2.24, 2.45) is 11.8 Å². The first-order valence-electron chi connectivity index (χ1n) is 7.27. The highest BCUT2D eigenvalue weighted by Crippen LogP contribution is 2.48. The van der Waals surface area contributed by atoms with E-state index in [4.69, 9.17) is 4.74 Å². The van der Waals surface area contributed by atoms with Crippen molar-refractivity contribution in [2.45, 2.75) is 12.5 Å². The summed E-state index contributed by atoms with van der Waals surface area (Å²) in [5, 5.41) is 3.03. The summed E-state index contributed by atoms with van der Waals surface area (Å²) in [5.74, 6) is -0.442. The highest BCUT2D eigenvalue weighted by Gasteiger charge is 2.49. The summed E-state index contributed by atoms with van der Waals surface area (Å²) >= 11 is 0. The van der Waals surface area contributed by atoms with E-state index in [1.54, 1.807) is 18.3 Å². The maximum Gasteiger partial charge on any atom is 0.309 e. The number of nitrogens with one attached hydrogen (secondary N) is 2. The van der Waals surface area contributed by atoms with Crippen LogP contribution in [-0.2, 0) is 9.53 Å². The molecular weight excluding hydrogens is 280 g/mol. The zero-order valence-electron chi connectivity index (χ0n) is 12.3. The molecule has 1 heterocycles. The maximum absolute atomic E-state index is 12.3. The molecule has 0 saturated heterocycles. The minimum Gasteiger partial charge on any atom is -0.469 e. The van der Waals surface area contributed by atoms with Crippen LogP contribution in [0.15, 0.2) is 48.7 Å². The lowest BCUT2D eigenvalue weighted by Gasteiger charge is -2.19. The first kappa shape index (κ1) is 14.4. The minimum atomic E-state index is -0.208. The molecule has 114 valence electrons. The number of aromatic amines is 1. The molecule has 22 heavy (non-hydrogen) atoms. The molecule has 1 saturated carbocycles. The van der Waals surface area contributed by atoms with Gasteiger partial charge in [0.05, 0.1) is 19.1 Å². The van der Waals surface area contributed by atoms with Crippen LogP contribution in [0.1, 0.15) is 28.5 Å². The minimum absolute atomic E-state index is 0.0776. The number of carbonyl (C=O) groups is 2. The van der Waals surface area contributed by atoms with E-state index in [0.717, 1.165) is 12.0 Å². The Morgan fingerprint density at radius 1 is 1.23 bits per heavy atom. The van der Waals surface area contributed by atoms with E-state index < -0.39 is 0 Å². The molecule has 1 amide bonds. The van der Waals surface area contributed by atoms with Crippen molar-refractivity contribution >= 4 is 11.9 Å². The number of rotatable bonds is 5. The third-order valence-corrected chi connectivity index (χ3v) is 4.06. The van der Waals surface area contributed by atoms with E-state index in [1.807, 2.05) is 30.3 Å². The van der Waals surface area contributed by atoms with Crippen LogP contribution in [0.5, 0.6) is 0 Å². The summed E-state index contributed by atoms with van der Waals surface area (Å²) in [5.41, 5.74) is 1.51. The van der Waals surface area contributed by atoms with Gasteiger partial charge in [-0.15, -0.1) is 0 Å². The number of esters is 1. The molecular formula is C17H18N2O3. The SMILES string of the molecule is COC(=O)[C@H]1C[C@@H]1[C@@H](NC(=O)c1ccc[nH]1)c1ccccc1. The quantitative estimate of drug-likeness (QED) is 0.832. The third-order valence-electron chi connectivity index (χ3n) is 4.06. The highest BCUT2D eigenvalue weighted by molar-refractivity contribution is 5.92. The fourth-order valence-corrected chi connectivity index (χ4v) is 2.79. The monoisotopic (exact) mass is 298 g/mol. The summed E-state index contributed by atoms with van der Waals surface area (Å²) in [6.45, 7) is 0. The van der Waals surface area contributed by atoms with Crippen LogP contribution in [0.4, 0.5) is 0 Å². The first-order valence-corrected chi connectivity index (χ1v) is 7.27. The average Bonchev–Trinajstić information content (AvgIpc) is 3.15. The number of benzene rings is 1. The topological polar surface area (TPSA) is 71.2 Å². The zero-order valence-corrected chi connectivity index (χ0v) is 12.3. The molecule has 5 nitrogen and oxygen atoms in total. The molecule has 2 aromatic rings. The molecule has 0 bridgehead atoms. The number of hydrogen-bond acceptors (Lipinski definition) is 3. The van der Waals surface area contributed by atoms with Gasteiger partial charge in [-0.05, 0) is 30.0 Å². The van der Waals surface area contributed by atoms with Crippen LogP contribution < -0.4 is 5.32 Å². The summed E-state index contributed by atoms with van der Waals surface area (Å²) in [7, 11) is 1.40. The number of amides is 1. The molecule has 1 aromatic heterocycles. The molecule has 5 heteroatoms. The molecule has 2 N–H and O–H groups in total. The van der Waals surface area contributed by atoms with Gasteiger partial charge < -0.3 is 15.0 Å². The first-order chi connectivity index (χ1) is 10.7. The Morgan fingerprint density at radius 2 is 2.00 bits per heavy atom. The van der Waals surface area contributed by atoms with Crippen LogP contribution in [0, 0.1) is 11.8 Å². The Labute approximate surface area is 128 Å². The average molecular weight is 298 g/mol. The van der Waals surface area contributed by atoms with Gasteiger partial charge in [-0.2, -0.15) is 0 Å². The van der Waals surface area contributed by atoms with Gasteiger partial charge in [0.1, 0.15) is 5.69 Å². The number of hydrogen-bond donors (Lipinski definition) is 2. The fraction of sp³-hybridized carbons (Fsp3) is 0.294. The van der Waals surface area contributed by atoms with E-state index in [0.29, 0.717) is 5.69 Å². The molecule has 0 aliphatic heterocycles. The van der Waals surface area contributed by atoms with E-state index in [-0.39, 0.29) is 29.8 Å². The molecule has 1 fully saturated rings. The van der Waals surface area contributed by atoms with Gasteiger partial charge in [-0.1, -0.05) is 30.3 Å². The Morgan fingerprint density at radius 3 is 2.64 bits per heavy atom. The second-order valence-electron chi connectivity index (χ2n) is 5.47. The molecule has 1 aliphatic carbocycles. The molecule has 1 aliphatic rings. The second-order valence-corrected chi connectivity index (χ2v) is 5.47. The van der Waals surface area contributed by atoms with Crippen LogP contribution in [0.2, 0.25) is 0 Å². The van der Waals surface area contributed by atoms with Gasteiger partial charge in [0.2, 0.25) is 0 Å². The van der Waals surface area contributed by atoms with Crippen molar-refractivity contribution in [3.8, 4) is 0 Å². The number of H-pyrrole nitrogens is 1. The van der Waals surface area contributed by atoms with Gasteiger partial charge in [-0.25, -0.2) is 0 Å². The molecule has 0 radical (unpaired) electrons. The summed E-state index contributed by atoms with van der Waals surface area (Å²) < 4.78 is 4.81. The fourth-order valence-electron chi connectivity index (χ4n) is 2.79. The smallest absolute Gasteiger partial charge is 0.309 e. The van der Waals surface area contributed by atoms with Crippen LogP contribution in [0.25, 0.3) is 0 Å². The van der Waals surface area contributed by atoms with Gasteiger partial charge in [0, 0.05) is 6.20 Å². The van der Waals surface area contributed by atoms with Crippen molar-refractivity contribution in [3.63, 3.8) is 0 Å². The van der Waals surface area contributed by atoms with Crippen LogP contribution in [0.3, 0.4) is 0 Å². The van der Waals surface area contributed by atoms with Crippen molar-refractivity contribution in [1.29, 1.82) is 0 Å². The lowest BCUT2D eigenvalue weighted by atomic mass is 10.0. The predicted octanol–water partition coefficient (Wildman–Crippen LogP) is 2.29. The third kappa shape index (κ3) is 2.88.